The van der Waals surface area contributed by atoms with E-state index in [4.69, 9.17) is 0 Å². The zero-order valence-corrected chi connectivity index (χ0v) is 8.90. The largest absolute Gasteiger partial charge is 0.316 e. The summed E-state index contributed by atoms with van der Waals surface area (Å²) in [6, 6.07) is 4.43. The predicted octanol–water partition coefficient (Wildman–Crippen LogP) is 1.72. The number of hydrogen-bond acceptors (Lipinski definition) is 2. The molecule has 0 amide bonds. The smallest absolute Gasteiger partial charge is 0.137 e. The Morgan fingerprint density at radius 3 is 3.27 bits per heavy atom. The number of aryl methyl sites for hydroxylation is 1. The fourth-order valence-corrected chi connectivity index (χ4v) is 2.32. The second kappa shape index (κ2) is 3.35. The lowest BCUT2D eigenvalue weighted by molar-refractivity contribution is 0.762. The van der Waals surface area contributed by atoms with Crippen LogP contribution in [0, 0.1) is 6.92 Å². The van der Waals surface area contributed by atoms with Crippen molar-refractivity contribution < 1.29 is 0 Å². The summed E-state index contributed by atoms with van der Waals surface area (Å²) in [5.74, 6) is 0.673. The van der Waals surface area contributed by atoms with Crippen LogP contribution in [0.1, 0.15) is 23.6 Å². The third-order valence-electron chi connectivity index (χ3n) is 3.14. The van der Waals surface area contributed by atoms with Crippen LogP contribution >= 0.6 is 0 Å². The van der Waals surface area contributed by atoms with E-state index in [0.717, 1.165) is 24.4 Å². The average Bonchev–Trinajstić information content (AvgIpc) is 2.82. The first-order chi connectivity index (χ1) is 7.33. The van der Waals surface area contributed by atoms with E-state index in [1.165, 1.54) is 12.0 Å². The van der Waals surface area contributed by atoms with Crippen molar-refractivity contribution in [2.45, 2.75) is 19.3 Å². The summed E-state index contributed by atoms with van der Waals surface area (Å²) < 4.78 is 2.08. The van der Waals surface area contributed by atoms with Gasteiger partial charge >= 0.3 is 0 Å². The van der Waals surface area contributed by atoms with Gasteiger partial charge in [0.15, 0.2) is 0 Å². The number of hydrogen-bond donors (Lipinski definition) is 1. The Kier molecular flexibility index (Phi) is 1.99. The zero-order valence-electron chi connectivity index (χ0n) is 8.90. The normalized spacial score (nSPS) is 21.3. The summed E-state index contributed by atoms with van der Waals surface area (Å²) in [4.78, 5) is 4.49. The van der Waals surface area contributed by atoms with Crippen LogP contribution in [0.2, 0.25) is 0 Å². The van der Waals surface area contributed by atoms with Gasteiger partial charge in [-0.1, -0.05) is 0 Å². The van der Waals surface area contributed by atoms with Crippen molar-refractivity contribution in [3.63, 3.8) is 0 Å². The summed E-state index contributed by atoms with van der Waals surface area (Å²) in [6.45, 7) is 4.28. The second-order valence-electron chi connectivity index (χ2n) is 4.30. The van der Waals surface area contributed by atoms with Crippen LogP contribution in [0.3, 0.4) is 0 Å². The molecule has 1 saturated heterocycles. The number of rotatable bonds is 1. The molecule has 0 radical (unpaired) electrons. The summed E-state index contributed by atoms with van der Waals surface area (Å²) in [5.41, 5.74) is 3.56. The molecule has 3 heterocycles. The number of pyridine rings is 1. The Balaban J connectivity index is 2.04. The molecule has 0 aliphatic carbocycles. The van der Waals surface area contributed by atoms with Gasteiger partial charge < -0.3 is 9.72 Å². The summed E-state index contributed by atoms with van der Waals surface area (Å²) in [6.07, 6.45) is 5.42. The first kappa shape index (κ1) is 8.92. The standard InChI is InChI=1S/C12H15N3/c1-9-8-15-5-3-10(6-12(15)14-9)11-2-4-13-7-11/h3,5-6,8,11,13H,2,4,7H2,1H3. The fourth-order valence-electron chi connectivity index (χ4n) is 2.32. The third kappa shape index (κ3) is 1.53. The van der Waals surface area contributed by atoms with Crippen molar-refractivity contribution in [1.29, 1.82) is 0 Å². The predicted molar refractivity (Wildman–Crippen MR) is 60.2 cm³/mol. The molecular formula is C12H15N3. The van der Waals surface area contributed by atoms with Gasteiger partial charge in [-0.05, 0) is 43.5 Å². The molecule has 0 saturated carbocycles. The van der Waals surface area contributed by atoms with Gasteiger partial charge in [0.25, 0.3) is 0 Å². The van der Waals surface area contributed by atoms with Crippen molar-refractivity contribution in [3.8, 4) is 0 Å². The minimum absolute atomic E-state index is 0.673. The summed E-state index contributed by atoms with van der Waals surface area (Å²) in [7, 11) is 0. The maximum absolute atomic E-state index is 4.49. The molecular weight excluding hydrogens is 186 g/mol. The number of fused-ring (bicyclic) bond motifs is 1. The number of imidazole rings is 1. The minimum Gasteiger partial charge on any atom is -0.316 e. The van der Waals surface area contributed by atoms with Crippen molar-refractivity contribution >= 4 is 5.65 Å². The number of nitrogens with zero attached hydrogens (tertiary/aromatic N) is 2. The van der Waals surface area contributed by atoms with Gasteiger partial charge in [-0.2, -0.15) is 0 Å². The van der Waals surface area contributed by atoms with Gasteiger partial charge in [-0.3, -0.25) is 0 Å². The van der Waals surface area contributed by atoms with Crippen LogP contribution in [-0.2, 0) is 0 Å². The molecule has 0 bridgehead atoms. The van der Waals surface area contributed by atoms with E-state index in [9.17, 15) is 0 Å². The van der Waals surface area contributed by atoms with E-state index in [0.29, 0.717) is 5.92 Å². The Hall–Kier alpha value is -1.35. The summed E-state index contributed by atoms with van der Waals surface area (Å²) in [5, 5.41) is 3.40. The molecule has 1 unspecified atom stereocenters. The number of aromatic nitrogens is 2. The van der Waals surface area contributed by atoms with Crippen LogP contribution in [0.15, 0.2) is 24.5 Å². The maximum Gasteiger partial charge on any atom is 0.137 e. The number of nitrogens with one attached hydrogen (secondary N) is 1. The highest BCUT2D eigenvalue weighted by Crippen LogP contribution is 2.23. The lowest BCUT2D eigenvalue weighted by atomic mass is 10.00. The third-order valence-corrected chi connectivity index (χ3v) is 3.14. The average molecular weight is 201 g/mol. The van der Waals surface area contributed by atoms with E-state index in [2.05, 4.69) is 39.2 Å². The van der Waals surface area contributed by atoms with Crippen LogP contribution in [0.4, 0.5) is 0 Å². The van der Waals surface area contributed by atoms with E-state index in [-0.39, 0.29) is 0 Å². The molecule has 15 heavy (non-hydrogen) atoms. The molecule has 3 nitrogen and oxygen atoms in total. The van der Waals surface area contributed by atoms with Gasteiger partial charge in [-0.25, -0.2) is 4.98 Å². The molecule has 3 rings (SSSR count). The molecule has 1 aliphatic rings. The van der Waals surface area contributed by atoms with Gasteiger partial charge in [0.2, 0.25) is 0 Å². The first-order valence-electron chi connectivity index (χ1n) is 5.49. The van der Waals surface area contributed by atoms with E-state index in [1.807, 2.05) is 6.92 Å². The van der Waals surface area contributed by atoms with Crippen molar-refractivity contribution in [3.05, 3.63) is 35.8 Å². The lowest BCUT2D eigenvalue weighted by Crippen LogP contribution is -2.08. The summed E-state index contributed by atoms with van der Waals surface area (Å²) >= 11 is 0. The topological polar surface area (TPSA) is 29.3 Å². The van der Waals surface area contributed by atoms with Crippen molar-refractivity contribution in [2.75, 3.05) is 13.1 Å². The molecule has 2 aromatic rings. The van der Waals surface area contributed by atoms with Gasteiger partial charge in [0.1, 0.15) is 5.65 Å². The molecule has 0 spiro atoms. The van der Waals surface area contributed by atoms with E-state index >= 15 is 0 Å². The first-order valence-corrected chi connectivity index (χ1v) is 5.49. The van der Waals surface area contributed by atoms with Gasteiger partial charge in [-0.15, -0.1) is 0 Å². The lowest BCUT2D eigenvalue weighted by Gasteiger charge is -2.08. The zero-order chi connectivity index (χ0) is 10.3. The monoisotopic (exact) mass is 201 g/mol. The Labute approximate surface area is 89.1 Å². The molecule has 1 aliphatic heterocycles. The highest BCUT2D eigenvalue weighted by Gasteiger charge is 2.16. The van der Waals surface area contributed by atoms with Crippen LogP contribution < -0.4 is 5.32 Å². The van der Waals surface area contributed by atoms with Crippen molar-refractivity contribution in [1.82, 2.24) is 14.7 Å². The Morgan fingerprint density at radius 1 is 1.53 bits per heavy atom. The van der Waals surface area contributed by atoms with E-state index in [1.54, 1.807) is 0 Å². The van der Waals surface area contributed by atoms with Gasteiger partial charge in [0, 0.05) is 18.9 Å². The van der Waals surface area contributed by atoms with Crippen LogP contribution in [-0.4, -0.2) is 22.5 Å². The molecule has 1 atom stereocenters. The molecule has 2 aromatic heterocycles. The van der Waals surface area contributed by atoms with E-state index < -0.39 is 0 Å². The molecule has 3 heteroatoms. The Morgan fingerprint density at radius 2 is 2.47 bits per heavy atom. The minimum atomic E-state index is 0.673. The fraction of sp³-hybridized carbons (Fsp3) is 0.417. The van der Waals surface area contributed by atoms with Gasteiger partial charge in [0.05, 0.1) is 5.69 Å². The molecule has 0 aromatic carbocycles. The SMILES string of the molecule is Cc1cn2ccc(C3CCNC3)cc2n1. The maximum atomic E-state index is 4.49. The highest BCUT2D eigenvalue weighted by atomic mass is 15.0. The quantitative estimate of drug-likeness (QED) is 0.761. The molecule has 1 N–H and O–H groups in total. The van der Waals surface area contributed by atoms with Crippen LogP contribution in [0.25, 0.3) is 5.65 Å². The molecule has 1 fully saturated rings. The second-order valence-corrected chi connectivity index (χ2v) is 4.30. The molecule has 78 valence electrons. The Bertz CT molecular complexity index is 481. The van der Waals surface area contributed by atoms with Crippen LogP contribution in [0.5, 0.6) is 0 Å². The highest BCUT2D eigenvalue weighted by molar-refractivity contribution is 5.44. The van der Waals surface area contributed by atoms with Crippen molar-refractivity contribution in [2.24, 2.45) is 0 Å².